The van der Waals surface area contributed by atoms with Crippen LogP contribution in [0.1, 0.15) is 5.56 Å². The standard InChI is InChI=1S/C13H22N4O4/c1-20-7-5-16(6-8-21-2)10-11-3-4-13(17(18)19)12(9-11)15-14/h3-4,9,15H,5-8,10,14H2,1-2H3. The van der Waals surface area contributed by atoms with E-state index in [2.05, 4.69) is 10.3 Å². The minimum Gasteiger partial charge on any atom is -0.383 e. The summed E-state index contributed by atoms with van der Waals surface area (Å²) in [5, 5.41) is 10.9. The van der Waals surface area contributed by atoms with Crippen LogP contribution in [0.25, 0.3) is 0 Å². The fraction of sp³-hybridized carbons (Fsp3) is 0.538. The number of hydrazine groups is 1. The van der Waals surface area contributed by atoms with Crippen LogP contribution in [0.3, 0.4) is 0 Å². The van der Waals surface area contributed by atoms with Crippen molar-refractivity contribution in [2.24, 2.45) is 5.84 Å². The number of nitrogens with two attached hydrogens (primary N) is 1. The molecule has 1 rings (SSSR count). The molecule has 21 heavy (non-hydrogen) atoms. The first kappa shape index (κ1) is 17.3. The molecule has 0 bridgehead atoms. The Morgan fingerprint density at radius 1 is 1.29 bits per heavy atom. The summed E-state index contributed by atoms with van der Waals surface area (Å²) in [4.78, 5) is 12.5. The van der Waals surface area contributed by atoms with E-state index in [9.17, 15) is 10.1 Å². The van der Waals surface area contributed by atoms with Gasteiger partial charge in [0.1, 0.15) is 5.69 Å². The van der Waals surface area contributed by atoms with E-state index >= 15 is 0 Å². The SMILES string of the molecule is COCCN(CCOC)Cc1ccc([N+](=O)[O-])c(NN)c1. The lowest BCUT2D eigenvalue weighted by atomic mass is 10.1. The van der Waals surface area contributed by atoms with Gasteiger partial charge >= 0.3 is 0 Å². The van der Waals surface area contributed by atoms with Gasteiger partial charge in [0, 0.05) is 39.9 Å². The van der Waals surface area contributed by atoms with Gasteiger partial charge < -0.3 is 14.9 Å². The highest BCUT2D eigenvalue weighted by Crippen LogP contribution is 2.25. The maximum absolute atomic E-state index is 10.9. The van der Waals surface area contributed by atoms with Crippen molar-refractivity contribution in [1.82, 2.24) is 4.90 Å². The summed E-state index contributed by atoms with van der Waals surface area (Å²) in [6, 6.07) is 4.87. The number of hydrogen-bond donors (Lipinski definition) is 2. The van der Waals surface area contributed by atoms with E-state index in [1.807, 2.05) is 0 Å². The molecule has 8 heteroatoms. The molecule has 0 amide bonds. The molecule has 0 radical (unpaired) electrons. The van der Waals surface area contributed by atoms with Crippen LogP contribution in [-0.4, -0.2) is 50.3 Å². The number of ether oxygens (including phenoxy) is 2. The van der Waals surface area contributed by atoms with Crippen molar-refractivity contribution in [2.45, 2.75) is 6.54 Å². The number of nitrogen functional groups attached to an aromatic ring is 1. The molecule has 0 atom stereocenters. The molecular formula is C13H22N4O4. The first-order valence-corrected chi connectivity index (χ1v) is 6.56. The molecule has 0 saturated heterocycles. The van der Waals surface area contributed by atoms with Gasteiger partial charge in [0.25, 0.3) is 5.69 Å². The van der Waals surface area contributed by atoms with Gasteiger partial charge in [0.2, 0.25) is 0 Å². The Hall–Kier alpha value is -1.74. The molecule has 0 heterocycles. The Kier molecular flexibility index (Phi) is 7.62. The molecule has 118 valence electrons. The Morgan fingerprint density at radius 2 is 1.90 bits per heavy atom. The maximum atomic E-state index is 10.9. The zero-order chi connectivity index (χ0) is 15.7. The van der Waals surface area contributed by atoms with Gasteiger partial charge in [-0.15, -0.1) is 0 Å². The third kappa shape index (κ3) is 5.64. The van der Waals surface area contributed by atoms with Crippen molar-refractivity contribution in [3.8, 4) is 0 Å². The average molecular weight is 298 g/mol. The molecule has 8 nitrogen and oxygen atoms in total. The van der Waals surface area contributed by atoms with Crippen LogP contribution >= 0.6 is 0 Å². The van der Waals surface area contributed by atoms with Crippen molar-refractivity contribution >= 4 is 11.4 Å². The molecule has 1 aromatic rings. The first-order valence-electron chi connectivity index (χ1n) is 6.56. The number of rotatable bonds is 10. The van der Waals surface area contributed by atoms with E-state index in [-0.39, 0.29) is 5.69 Å². The zero-order valence-electron chi connectivity index (χ0n) is 12.4. The first-order chi connectivity index (χ1) is 10.1. The van der Waals surface area contributed by atoms with Crippen molar-refractivity contribution in [2.75, 3.05) is 45.9 Å². The summed E-state index contributed by atoms with van der Waals surface area (Å²) in [5.74, 6) is 5.34. The molecule has 1 aromatic carbocycles. The fourth-order valence-corrected chi connectivity index (χ4v) is 1.93. The Labute approximate surface area is 123 Å². The predicted octanol–water partition coefficient (Wildman–Crippen LogP) is 0.975. The van der Waals surface area contributed by atoms with Crippen LogP contribution in [-0.2, 0) is 16.0 Å². The summed E-state index contributed by atoms with van der Waals surface area (Å²) in [6.45, 7) is 3.36. The second kappa shape index (κ2) is 9.24. The monoisotopic (exact) mass is 298 g/mol. The van der Waals surface area contributed by atoms with Crippen LogP contribution in [0.15, 0.2) is 18.2 Å². The molecule has 0 fully saturated rings. The van der Waals surface area contributed by atoms with Gasteiger partial charge in [0.15, 0.2) is 0 Å². The Bertz CT molecular complexity index is 448. The summed E-state index contributed by atoms with van der Waals surface area (Å²) < 4.78 is 10.2. The number of nitrogens with one attached hydrogen (secondary N) is 1. The number of hydrogen-bond acceptors (Lipinski definition) is 7. The summed E-state index contributed by atoms with van der Waals surface area (Å²) >= 11 is 0. The molecule has 3 N–H and O–H groups in total. The average Bonchev–Trinajstić information content (AvgIpc) is 2.49. The molecular weight excluding hydrogens is 276 g/mol. The lowest BCUT2D eigenvalue weighted by Crippen LogP contribution is -2.30. The van der Waals surface area contributed by atoms with Gasteiger partial charge in [0.05, 0.1) is 18.1 Å². The normalized spacial score (nSPS) is 10.9. The lowest BCUT2D eigenvalue weighted by molar-refractivity contribution is -0.384. The maximum Gasteiger partial charge on any atom is 0.293 e. The number of nitrogens with zero attached hydrogens (tertiary/aromatic N) is 2. The largest absolute Gasteiger partial charge is 0.383 e. The second-order valence-corrected chi connectivity index (χ2v) is 4.51. The number of anilines is 1. The van der Waals surface area contributed by atoms with E-state index in [4.69, 9.17) is 15.3 Å². The Balaban J connectivity index is 2.79. The van der Waals surface area contributed by atoms with Crippen LogP contribution in [0, 0.1) is 10.1 Å². The van der Waals surface area contributed by atoms with Crippen LogP contribution < -0.4 is 11.3 Å². The predicted molar refractivity (Wildman–Crippen MR) is 79.9 cm³/mol. The molecule has 0 aliphatic rings. The van der Waals surface area contributed by atoms with Crippen LogP contribution in [0.2, 0.25) is 0 Å². The van der Waals surface area contributed by atoms with E-state index in [1.54, 1.807) is 26.4 Å². The van der Waals surface area contributed by atoms with Crippen molar-refractivity contribution in [1.29, 1.82) is 0 Å². The molecule has 0 aromatic heterocycles. The molecule has 0 spiro atoms. The highest BCUT2D eigenvalue weighted by atomic mass is 16.6. The highest BCUT2D eigenvalue weighted by Gasteiger charge is 2.14. The molecule has 0 unspecified atom stereocenters. The van der Waals surface area contributed by atoms with Gasteiger partial charge in [-0.2, -0.15) is 0 Å². The minimum absolute atomic E-state index is 0.0402. The Morgan fingerprint density at radius 3 is 2.38 bits per heavy atom. The smallest absolute Gasteiger partial charge is 0.293 e. The van der Waals surface area contributed by atoms with Crippen molar-refractivity contribution < 1.29 is 14.4 Å². The summed E-state index contributed by atoms with van der Waals surface area (Å²) in [6.07, 6.45) is 0. The van der Waals surface area contributed by atoms with Crippen LogP contribution in [0.4, 0.5) is 11.4 Å². The van der Waals surface area contributed by atoms with Gasteiger partial charge in [-0.05, 0) is 11.6 Å². The lowest BCUT2D eigenvalue weighted by Gasteiger charge is -2.21. The van der Waals surface area contributed by atoms with E-state index < -0.39 is 4.92 Å². The molecule has 0 aliphatic heterocycles. The van der Waals surface area contributed by atoms with E-state index in [1.165, 1.54) is 6.07 Å². The quantitative estimate of drug-likeness (QED) is 0.377. The highest BCUT2D eigenvalue weighted by molar-refractivity contribution is 5.62. The topological polar surface area (TPSA) is 103 Å². The fourth-order valence-electron chi connectivity index (χ4n) is 1.93. The zero-order valence-corrected chi connectivity index (χ0v) is 12.4. The number of methoxy groups -OCH3 is 2. The second-order valence-electron chi connectivity index (χ2n) is 4.51. The third-order valence-electron chi connectivity index (χ3n) is 3.04. The summed E-state index contributed by atoms with van der Waals surface area (Å²) in [5.41, 5.74) is 3.56. The van der Waals surface area contributed by atoms with Gasteiger partial charge in [-0.1, -0.05) is 6.07 Å². The molecule has 0 aliphatic carbocycles. The van der Waals surface area contributed by atoms with Crippen molar-refractivity contribution in [3.63, 3.8) is 0 Å². The third-order valence-corrected chi connectivity index (χ3v) is 3.04. The number of nitro benzene ring substituents is 1. The van der Waals surface area contributed by atoms with E-state index in [0.29, 0.717) is 25.4 Å². The molecule has 0 saturated carbocycles. The van der Waals surface area contributed by atoms with E-state index in [0.717, 1.165) is 18.7 Å². The van der Waals surface area contributed by atoms with Crippen LogP contribution in [0.5, 0.6) is 0 Å². The summed E-state index contributed by atoms with van der Waals surface area (Å²) in [7, 11) is 3.30. The number of nitro groups is 1. The number of benzene rings is 1. The van der Waals surface area contributed by atoms with Gasteiger partial charge in [-0.3, -0.25) is 20.9 Å². The van der Waals surface area contributed by atoms with Gasteiger partial charge in [-0.25, -0.2) is 0 Å². The minimum atomic E-state index is -0.466. The van der Waals surface area contributed by atoms with Crippen molar-refractivity contribution in [3.05, 3.63) is 33.9 Å².